The number of fused-ring (bicyclic) bond motifs is 1. The molecule has 1 unspecified atom stereocenters. The number of ether oxygens (including phenoxy) is 1. The third kappa shape index (κ3) is 3.18. The Bertz CT molecular complexity index is 888. The molecule has 1 aliphatic rings. The van der Waals surface area contributed by atoms with Crippen molar-refractivity contribution in [2.75, 3.05) is 6.61 Å². The molecule has 1 aliphatic heterocycles. The Balaban J connectivity index is 1.81. The van der Waals surface area contributed by atoms with Crippen LogP contribution in [-0.4, -0.2) is 26.1 Å². The number of nitrogens with zero attached hydrogens (tertiary/aromatic N) is 2. The van der Waals surface area contributed by atoms with E-state index in [-0.39, 0.29) is 23.1 Å². The molecular formula is C16H15N3O3S. The second-order valence-corrected chi connectivity index (χ2v) is 7.13. The van der Waals surface area contributed by atoms with Crippen LogP contribution in [-0.2, 0) is 16.4 Å². The van der Waals surface area contributed by atoms with Gasteiger partial charge in [-0.2, -0.15) is 5.26 Å². The van der Waals surface area contributed by atoms with Crippen molar-refractivity contribution in [1.29, 1.82) is 5.26 Å². The molecule has 0 bridgehead atoms. The number of pyridine rings is 1. The number of hydrogen-bond donors (Lipinski definition) is 1. The van der Waals surface area contributed by atoms with Crippen LogP contribution in [0.3, 0.4) is 0 Å². The van der Waals surface area contributed by atoms with Gasteiger partial charge in [0.2, 0.25) is 10.0 Å². The van der Waals surface area contributed by atoms with Crippen LogP contribution in [0.1, 0.15) is 16.7 Å². The summed E-state index contributed by atoms with van der Waals surface area (Å²) in [7, 11) is -3.75. The summed E-state index contributed by atoms with van der Waals surface area (Å²) < 4.78 is 33.2. The minimum Gasteiger partial charge on any atom is -0.491 e. The highest BCUT2D eigenvalue weighted by molar-refractivity contribution is 7.89. The van der Waals surface area contributed by atoms with Gasteiger partial charge in [0.1, 0.15) is 23.3 Å². The largest absolute Gasteiger partial charge is 0.491 e. The van der Waals surface area contributed by atoms with E-state index in [1.54, 1.807) is 0 Å². The van der Waals surface area contributed by atoms with Gasteiger partial charge in [-0.1, -0.05) is 18.2 Å². The molecule has 0 saturated heterocycles. The summed E-state index contributed by atoms with van der Waals surface area (Å²) in [6, 6.07) is 8.64. The van der Waals surface area contributed by atoms with E-state index in [9.17, 15) is 8.42 Å². The highest BCUT2D eigenvalue weighted by Crippen LogP contribution is 2.28. The normalized spacial score (nSPS) is 17.0. The van der Waals surface area contributed by atoms with Gasteiger partial charge in [0, 0.05) is 12.4 Å². The smallest absolute Gasteiger partial charge is 0.242 e. The predicted octanol–water partition coefficient (Wildman–Crippen LogP) is 1.54. The van der Waals surface area contributed by atoms with Crippen molar-refractivity contribution in [3.05, 3.63) is 53.3 Å². The zero-order valence-electron chi connectivity index (χ0n) is 12.5. The van der Waals surface area contributed by atoms with Gasteiger partial charge in [0.15, 0.2) is 0 Å². The van der Waals surface area contributed by atoms with Gasteiger partial charge in [0.25, 0.3) is 0 Å². The van der Waals surface area contributed by atoms with Gasteiger partial charge in [-0.05, 0) is 30.5 Å². The number of para-hydroxylation sites is 1. The molecule has 1 aromatic heterocycles. The van der Waals surface area contributed by atoms with E-state index >= 15 is 0 Å². The molecule has 0 spiro atoms. The molecular weight excluding hydrogens is 314 g/mol. The van der Waals surface area contributed by atoms with E-state index in [4.69, 9.17) is 10.00 Å². The van der Waals surface area contributed by atoms with Gasteiger partial charge in [-0.15, -0.1) is 0 Å². The van der Waals surface area contributed by atoms with Crippen molar-refractivity contribution in [2.24, 2.45) is 0 Å². The number of aryl methyl sites for hydroxylation is 1. The van der Waals surface area contributed by atoms with Gasteiger partial charge >= 0.3 is 0 Å². The lowest BCUT2D eigenvalue weighted by Gasteiger charge is -2.27. The summed E-state index contributed by atoms with van der Waals surface area (Å²) in [5, 5.41) is 8.86. The summed E-state index contributed by atoms with van der Waals surface area (Å²) in [5.41, 5.74) is 2.22. The third-order valence-corrected chi connectivity index (χ3v) is 5.15. The number of rotatable bonds is 3. The molecule has 2 aromatic rings. The van der Waals surface area contributed by atoms with E-state index in [0.29, 0.717) is 6.42 Å². The van der Waals surface area contributed by atoms with Crippen LogP contribution in [0, 0.1) is 18.3 Å². The number of nitriles is 1. The summed E-state index contributed by atoms with van der Waals surface area (Å²) >= 11 is 0. The van der Waals surface area contributed by atoms with E-state index < -0.39 is 10.0 Å². The molecule has 3 rings (SSSR count). The summed E-state index contributed by atoms with van der Waals surface area (Å²) in [4.78, 5) is 3.77. The maximum Gasteiger partial charge on any atom is 0.242 e. The maximum absolute atomic E-state index is 12.4. The molecule has 0 radical (unpaired) electrons. The van der Waals surface area contributed by atoms with Crippen molar-refractivity contribution >= 4 is 10.0 Å². The molecule has 0 fully saturated rings. The second-order valence-electron chi connectivity index (χ2n) is 5.42. The Morgan fingerprint density at radius 3 is 3.00 bits per heavy atom. The molecule has 1 atom stereocenters. The quantitative estimate of drug-likeness (QED) is 0.922. The molecule has 1 aromatic carbocycles. The lowest BCUT2D eigenvalue weighted by Crippen LogP contribution is -2.42. The van der Waals surface area contributed by atoms with Crippen LogP contribution in [0.25, 0.3) is 0 Å². The Labute approximate surface area is 134 Å². The molecule has 118 valence electrons. The first-order valence-corrected chi connectivity index (χ1v) is 8.56. The van der Waals surface area contributed by atoms with Gasteiger partial charge in [0.05, 0.1) is 11.6 Å². The number of benzene rings is 1. The van der Waals surface area contributed by atoms with Crippen LogP contribution in [0.4, 0.5) is 0 Å². The van der Waals surface area contributed by atoms with Crippen molar-refractivity contribution in [3.8, 4) is 11.8 Å². The molecule has 0 saturated carbocycles. The Morgan fingerprint density at radius 1 is 1.39 bits per heavy atom. The third-order valence-electron chi connectivity index (χ3n) is 3.66. The zero-order valence-corrected chi connectivity index (χ0v) is 13.3. The molecule has 6 nitrogen and oxygen atoms in total. The Morgan fingerprint density at radius 2 is 2.22 bits per heavy atom. The molecule has 23 heavy (non-hydrogen) atoms. The molecule has 2 heterocycles. The number of nitrogens with one attached hydrogen (secondary N) is 1. The fraction of sp³-hybridized carbons (Fsp3) is 0.250. The first-order valence-electron chi connectivity index (χ1n) is 7.08. The standard InChI is InChI=1S/C16H15N3O3S/c1-11-3-2-4-13-6-14(10-22-16(11)13)19-23(20,21)15-5-12(7-17)8-18-9-15/h2-5,8-9,14,19H,6,10H2,1H3. The molecule has 1 N–H and O–H groups in total. The first-order chi connectivity index (χ1) is 11.0. The SMILES string of the molecule is Cc1cccc2c1OCC(NS(=O)(=O)c1cncc(C#N)c1)C2. The maximum atomic E-state index is 12.4. The van der Waals surface area contributed by atoms with E-state index in [2.05, 4.69) is 9.71 Å². The lowest BCUT2D eigenvalue weighted by atomic mass is 10.0. The summed E-state index contributed by atoms with van der Waals surface area (Å²) in [6.07, 6.45) is 3.11. The summed E-state index contributed by atoms with van der Waals surface area (Å²) in [5.74, 6) is 0.830. The van der Waals surface area contributed by atoms with Crippen LogP contribution < -0.4 is 9.46 Å². The average molecular weight is 329 g/mol. The number of aromatic nitrogens is 1. The Kier molecular flexibility index (Phi) is 4.03. The van der Waals surface area contributed by atoms with Crippen molar-refractivity contribution in [3.63, 3.8) is 0 Å². The van der Waals surface area contributed by atoms with Crippen LogP contribution in [0.2, 0.25) is 0 Å². The molecule has 0 aliphatic carbocycles. The van der Waals surface area contributed by atoms with Crippen LogP contribution >= 0.6 is 0 Å². The Hall–Kier alpha value is -2.43. The minimum absolute atomic E-state index is 0.0217. The topological polar surface area (TPSA) is 92.1 Å². The lowest BCUT2D eigenvalue weighted by molar-refractivity contribution is 0.252. The van der Waals surface area contributed by atoms with Crippen molar-refractivity contribution in [2.45, 2.75) is 24.3 Å². The predicted molar refractivity (Wildman–Crippen MR) is 83.4 cm³/mol. The summed E-state index contributed by atoms with van der Waals surface area (Å²) in [6.45, 7) is 2.23. The number of sulfonamides is 1. The van der Waals surface area contributed by atoms with E-state index in [1.807, 2.05) is 31.2 Å². The van der Waals surface area contributed by atoms with Crippen LogP contribution in [0.5, 0.6) is 5.75 Å². The fourth-order valence-corrected chi connectivity index (χ4v) is 3.79. The second kappa shape index (κ2) is 5.99. The monoisotopic (exact) mass is 329 g/mol. The zero-order chi connectivity index (χ0) is 16.4. The highest BCUT2D eigenvalue weighted by atomic mass is 32.2. The molecule has 0 amide bonds. The first kappa shape index (κ1) is 15.5. The van der Waals surface area contributed by atoms with E-state index in [0.717, 1.165) is 16.9 Å². The minimum atomic E-state index is -3.75. The van der Waals surface area contributed by atoms with Gasteiger partial charge in [-0.25, -0.2) is 13.1 Å². The van der Waals surface area contributed by atoms with Gasteiger partial charge < -0.3 is 4.74 Å². The van der Waals surface area contributed by atoms with Crippen molar-refractivity contribution < 1.29 is 13.2 Å². The van der Waals surface area contributed by atoms with Crippen molar-refractivity contribution in [1.82, 2.24) is 9.71 Å². The van der Waals surface area contributed by atoms with Crippen LogP contribution in [0.15, 0.2) is 41.6 Å². The van der Waals surface area contributed by atoms with E-state index in [1.165, 1.54) is 18.5 Å². The number of hydrogen-bond acceptors (Lipinski definition) is 5. The highest BCUT2D eigenvalue weighted by Gasteiger charge is 2.26. The van der Waals surface area contributed by atoms with Gasteiger partial charge in [-0.3, -0.25) is 4.98 Å². The molecule has 7 heteroatoms. The fourth-order valence-electron chi connectivity index (χ4n) is 2.58. The average Bonchev–Trinajstić information content (AvgIpc) is 2.54.